The molecule has 98 valence electrons. The van der Waals surface area contributed by atoms with Gasteiger partial charge in [-0.3, -0.25) is 0 Å². The van der Waals surface area contributed by atoms with E-state index in [2.05, 4.69) is 47.1 Å². The molecule has 3 nitrogen and oxygen atoms in total. The number of nitrogens with zero attached hydrogens (tertiary/aromatic N) is 2. The zero-order valence-electron chi connectivity index (χ0n) is 11.5. The van der Waals surface area contributed by atoms with Gasteiger partial charge in [-0.15, -0.1) is 11.3 Å². The lowest BCUT2D eigenvalue weighted by atomic mass is 10.0. The van der Waals surface area contributed by atoms with E-state index in [1.54, 1.807) is 0 Å². The Kier molecular flexibility index (Phi) is 3.88. The van der Waals surface area contributed by atoms with Crippen LogP contribution in [0.25, 0.3) is 0 Å². The summed E-state index contributed by atoms with van der Waals surface area (Å²) in [7, 11) is 1.99. The number of imidazole rings is 1. The maximum Gasteiger partial charge on any atom is 0.0952 e. The summed E-state index contributed by atoms with van der Waals surface area (Å²) in [5.74, 6) is 0. The molecule has 0 atom stereocenters. The second kappa shape index (κ2) is 5.24. The average molecular weight is 263 g/mol. The molecule has 4 heteroatoms. The van der Waals surface area contributed by atoms with Crippen molar-refractivity contribution in [3.05, 3.63) is 40.1 Å². The summed E-state index contributed by atoms with van der Waals surface area (Å²) >= 11 is 1.83. The van der Waals surface area contributed by atoms with Crippen LogP contribution in [0.5, 0.6) is 0 Å². The number of hydrogen-bond acceptors (Lipinski definition) is 3. The highest BCUT2D eigenvalue weighted by atomic mass is 32.1. The number of nitrogens with one attached hydrogen (secondary N) is 1. The van der Waals surface area contributed by atoms with Gasteiger partial charge < -0.3 is 9.88 Å². The highest BCUT2D eigenvalue weighted by molar-refractivity contribution is 7.10. The molecule has 0 aromatic carbocycles. The van der Waals surface area contributed by atoms with Crippen LogP contribution in [0.15, 0.2) is 24.0 Å². The van der Waals surface area contributed by atoms with E-state index in [1.165, 1.54) is 16.1 Å². The number of hydrogen-bond donors (Lipinski definition) is 1. The molecule has 0 fully saturated rings. The molecule has 18 heavy (non-hydrogen) atoms. The third kappa shape index (κ3) is 2.49. The van der Waals surface area contributed by atoms with E-state index < -0.39 is 0 Å². The first-order chi connectivity index (χ1) is 8.58. The summed E-state index contributed by atoms with van der Waals surface area (Å²) in [6.45, 7) is 7.48. The van der Waals surface area contributed by atoms with Crippen LogP contribution in [0, 0.1) is 0 Å². The van der Waals surface area contributed by atoms with Crippen LogP contribution in [0.1, 0.15) is 36.9 Å². The normalized spacial score (nSPS) is 12.0. The second-order valence-electron chi connectivity index (χ2n) is 5.00. The first kappa shape index (κ1) is 13.3. The van der Waals surface area contributed by atoms with Crippen molar-refractivity contribution in [3.8, 4) is 0 Å². The quantitative estimate of drug-likeness (QED) is 0.898. The molecule has 2 aromatic rings. The van der Waals surface area contributed by atoms with Crippen LogP contribution in [-0.4, -0.2) is 16.6 Å². The van der Waals surface area contributed by atoms with E-state index in [4.69, 9.17) is 0 Å². The lowest BCUT2D eigenvalue weighted by Gasteiger charge is -2.25. The van der Waals surface area contributed by atoms with E-state index in [0.717, 1.165) is 13.0 Å². The summed E-state index contributed by atoms with van der Waals surface area (Å²) < 4.78 is 2.24. The van der Waals surface area contributed by atoms with Gasteiger partial charge in [0, 0.05) is 4.88 Å². The van der Waals surface area contributed by atoms with Gasteiger partial charge in [-0.1, -0.05) is 6.92 Å². The van der Waals surface area contributed by atoms with Crippen molar-refractivity contribution < 1.29 is 0 Å². The fraction of sp³-hybridized carbons (Fsp3) is 0.500. The predicted molar refractivity (Wildman–Crippen MR) is 77.1 cm³/mol. The molecular weight excluding hydrogens is 242 g/mol. The molecule has 0 saturated carbocycles. The Morgan fingerprint density at radius 3 is 2.89 bits per heavy atom. The first-order valence-corrected chi connectivity index (χ1v) is 7.21. The summed E-state index contributed by atoms with van der Waals surface area (Å²) in [6.07, 6.45) is 4.97. The fourth-order valence-electron chi connectivity index (χ4n) is 2.07. The van der Waals surface area contributed by atoms with Gasteiger partial charge in [0.15, 0.2) is 0 Å². The first-order valence-electron chi connectivity index (χ1n) is 6.33. The molecule has 1 N–H and O–H groups in total. The zero-order valence-corrected chi connectivity index (χ0v) is 12.3. The number of rotatable bonds is 5. The number of aryl methyl sites for hydroxylation is 1. The van der Waals surface area contributed by atoms with E-state index in [0.29, 0.717) is 0 Å². The van der Waals surface area contributed by atoms with E-state index in [9.17, 15) is 0 Å². The minimum Gasteiger partial charge on any atom is -0.328 e. The highest BCUT2D eigenvalue weighted by Gasteiger charge is 2.22. The Hall–Kier alpha value is -1.13. The van der Waals surface area contributed by atoms with Crippen molar-refractivity contribution >= 4 is 11.3 Å². The van der Waals surface area contributed by atoms with Crippen molar-refractivity contribution in [1.29, 1.82) is 0 Å². The summed E-state index contributed by atoms with van der Waals surface area (Å²) in [4.78, 5) is 5.73. The van der Waals surface area contributed by atoms with Gasteiger partial charge in [-0.2, -0.15) is 0 Å². The minimum absolute atomic E-state index is 0.0554. The molecular formula is C14H21N3S. The van der Waals surface area contributed by atoms with Crippen LogP contribution < -0.4 is 5.32 Å². The van der Waals surface area contributed by atoms with E-state index in [1.807, 2.05) is 30.9 Å². The molecule has 0 aliphatic rings. The van der Waals surface area contributed by atoms with Gasteiger partial charge in [-0.05, 0) is 44.3 Å². The topological polar surface area (TPSA) is 29.9 Å². The van der Waals surface area contributed by atoms with Crippen molar-refractivity contribution in [1.82, 2.24) is 14.9 Å². The molecule has 2 aromatic heterocycles. The number of thiophene rings is 1. The molecule has 0 aliphatic carbocycles. The molecule has 2 heterocycles. The van der Waals surface area contributed by atoms with Crippen molar-refractivity contribution in [2.45, 2.75) is 39.3 Å². The maximum atomic E-state index is 4.30. The van der Waals surface area contributed by atoms with Crippen molar-refractivity contribution in [2.24, 2.45) is 0 Å². The van der Waals surface area contributed by atoms with Crippen LogP contribution in [0.3, 0.4) is 0 Å². The maximum absolute atomic E-state index is 4.30. The lowest BCUT2D eigenvalue weighted by Crippen LogP contribution is -2.35. The summed E-state index contributed by atoms with van der Waals surface area (Å²) in [5, 5.41) is 5.51. The molecule has 0 bridgehead atoms. The Bertz CT molecular complexity index is 511. The van der Waals surface area contributed by atoms with E-state index in [-0.39, 0.29) is 5.54 Å². The van der Waals surface area contributed by atoms with Crippen LogP contribution in [-0.2, 0) is 18.5 Å². The monoisotopic (exact) mass is 263 g/mol. The third-order valence-electron chi connectivity index (χ3n) is 3.51. The SMILES string of the molecule is CCc1ccsc1Cn1cncc1C(C)(C)NC. The Morgan fingerprint density at radius 2 is 2.22 bits per heavy atom. The lowest BCUT2D eigenvalue weighted by molar-refractivity contribution is 0.413. The van der Waals surface area contributed by atoms with Gasteiger partial charge in [-0.25, -0.2) is 4.98 Å². The summed E-state index contributed by atoms with van der Waals surface area (Å²) in [6, 6.07) is 2.22. The van der Waals surface area contributed by atoms with E-state index >= 15 is 0 Å². The zero-order chi connectivity index (χ0) is 13.2. The van der Waals surface area contributed by atoms with Gasteiger partial charge in [0.2, 0.25) is 0 Å². The molecule has 0 radical (unpaired) electrons. The Balaban J connectivity index is 2.28. The van der Waals surface area contributed by atoms with Gasteiger partial charge in [0.05, 0.1) is 30.3 Å². The average Bonchev–Trinajstić information content (AvgIpc) is 2.98. The molecule has 0 unspecified atom stereocenters. The predicted octanol–water partition coefficient (Wildman–Crippen LogP) is 3.01. The molecule has 0 amide bonds. The molecule has 0 spiro atoms. The molecule has 0 aliphatic heterocycles. The fourth-order valence-corrected chi connectivity index (χ4v) is 3.04. The second-order valence-corrected chi connectivity index (χ2v) is 6.01. The van der Waals surface area contributed by atoms with Crippen LogP contribution >= 0.6 is 11.3 Å². The van der Waals surface area contributed by atoms with Crippen molar-refractivity contribution in [3.63, 3.8) is 0 Å². The number of aromatic nitrogens is 2. The van der Waals surface area contributed by atoms with Gasteiger partial charge >= 0.3 is 0 Å². The standard InChI is InChI=1S/C14H21N3S/c1-5-11-6-7-18-12(11)9-17-10-16-8-13(17)14(2,3)15-4/h6-8,10,15H,5,9H2,1-4H3. The summed E-state index contributed by atoms with van der Waals surface area (Å²) in [5.41, 5.74) is 2.61. The van der Waals surface area contributed by atoms with Gasteiger partial charge in [0.1, 0.15) is 0 Å². The molecule has 0 saturated heterocycles. The molecule has 2 rings (SSSR count). The van der Waals surface area contributed by atoms with Crippen LogP contribution in [0.4, 0.5) is 0 Å². The highest BCUT2D eigenvalue weighted by Crippen LogP contribution is 2.23. The van der Waals surface area contributed by atoms with Gasteiger partial charge in [0.25, 0.3) is 0 Å². The van der Waals surface area contributed by atoms with Crippen LogP contribution in [0.2, 0.25) is 0 Å². The Morgan fingerprint density at radius 1 is 1.44 bits per heavy atom. The minimum atomic E-state index is -0.0554. The smallest absolute Gasteiger partial charge is 0.0952 e. The Labute approximate surface area is 113 Å². The third-order valence-corrected chi connectivity index (χ3v) is 4.46. The van der Waals surface area contributed by atoms with Crippen molar-refractivity contribution in [2.75, 3.05) is 7.05 Å². The largest absolute Gasteiger partial charge is 0.328 e.